The zero-order valence-electron chi connectivity index (χ0n) is 12.6. The van der Waals surface area contributed by atoms with Crippen molar-refractivity contribution in [2.24, 2.45) is 0 Å². The Morgan fingerprint density at radius 3 is 1.81 bits per heavy atom. The standard InChI is InChI=1S/C18H24NO2/c1-19(11-13-20,12-14-21)15-16-7-9-18(10-8-16)17-5-3-2-4-6-17/h2-10,20-21H,11-15H2,1H3/q+1. The highest BCUT2D eigenvalue weighted by molar-refractivity contribution is 5.63. The lowest BCUT2D eigenvalue weighted by molar-refractivity contribution is -0.923. The predicted octanol–water partition coefficient (Wildman–Crippen LogP) is 2.28. The van der Waals surface area contributed by atoms with Gasteiger partial charge in [0.05, 0.1) is 20.3 Å². The van der Waals surface area contributed by atoms with Gasteiger partial charge in [0.15, 0.2) is 0 Å². The van der Waals surface area contributed by atoms with Crippen LogP contribution in [-0.2, 0) is 6.54 Å². The van der Waals surface area contributed by atoms with Gasteiger partial charge in [-0.25, -0.2) is 0 Å². The second-order valence-corrected chi connectivity index (χ2v) is 5.73. The van der Waals surface area contributed by atoms with Gasteiger partial charge in [0.1, 0.15) is 19.6 Å². The molecule has 2 aromatic rings. The van der Waals surface area contributed by atoms with Gasteiger partial charge in [0.25, 0.3) is 0 Å². The van der Waals surface area contributed by atoms with Gasteiger partial charge in [-0.1, -0.05) is 54.6 Å². The quantitative estimate of drug-likeness (QED) is 0.767. The molecule has 0 aliphatic carbocycles. The van der Waals surface area contributed by atoms with Crippen LogP contribution >= 0.6 is 0 Å². The zero-order valence-corrected chi connectivity index (χ0v) is 12.6. The lowest BCUT2D eigenvalue weighted by Gasteiger charge is -2.33. The molecule has 0 radical (unpaired) electrons. The van der Waals surface area contributed by atoms with Gasteiger partial charge in [-0.2, -0.15) is 0 Å². The molecule has 21 heavy (non-hydrogen) atoms. The first-order chi connectivity index (χ1) is 10.2. The largest absolute Gasteiger partial charge is 0.391 e. The van der Waals surface area contributed by atoms with Crippen molar-refractivity contribution < 1.29 is 14.7 Å². The van der Waals surface area contributed by atoms with Crippen molar-refractivity contribution in [1.82, 2.24) is 0 Å². The van der Waals surface area contributed by atoms with Gasteiger partial charge in [-0.15, -0.1) is 0 Å². The zero-order chi connectivity index (χ0) is 15.1. The summed E-state index contributed by atoms with van der Waals surface area (Å²) in [5, 5.41) is 18.4. The molecule has 0 atom stereocenters. The molecule has 0 aliphatic rings. The molecule has 0 spiro atoms. The molecule has 0 saturated carbocycles. The third-order valence-corrected chi connectivity index (χ3v) is 3.91. The Labute approximate surface area is 126 Å². The van der Waals surface area contributed by atoms with Crippen LogP contribution in [0.15, 0.2) is 54.6 Å². The predicted molar refractivity (Wildman–Crippen MR) is 85.7 cm³/mol. The Balaban J connectivity index is 2.11. The van der Waals surface area contributed by atoms with E-state index in [9.17, 15) is 10.2 Å². The molecule has 0 aromatic heterocycles. The maximum atomic E-state index is 9.20. The van der Waals surface area contributed by atoms with Crippen molar-refractivity contribution in [3.63, 3.8) is 0 Å². The first-order valence-corrected chi connectivity index (χ1v) is 7.36. The summed E-state index contributed by atoms with van der Waals surface area (Å²) in [6.07, 6.45) is 0. The first-order valence-electron chi connectivity index (χ1n) is 7.36. The van der Waals surface area contributed by atoms with E-state index in [-0.39, 0.29) is 13.2 Å². The fourth-order valence-electron chi connectivity index (χ4n) is 2.63. The topological polar surface area (TPSA) is 40.5 Å². The molecule has 2 N–H and O–H groups in total. The number of benzene rings is 2. The van der Waals surface area contributed by atoms with E-state index >= 15 is 0 Å². The van der Waals surface area contributed by atoms with Crippen LogP contribution in [0.3, 0.4) is 0 Å². The number of hydrogen-bond acceptors (Lipinski definition) is 2. The SMILES string of the molecule is C[N+](CCO)(CCO)Cc1ccc(-c2ccccc2)cc1. The van der Waals surface area contributed by atoms with Crippen LogP contribution in [0.1, 0.15) is 5.56 Å². The number of nitrogens with zero attached hydrogens (tertiary/aromatic N) is 1. The van der Waals surface area contributed by atoms with Crippen LogP contribution in [0.5, 0.6) is 0 Å². The van der Waals surface area contributed by atoms with Crippen molar-refractivity contribution in [1.29, 1.82) is 0 Å². The van der Waals surface area contributed by atoms with E-state index in [0.29, 0.717) is 17.6 Å². The van der Waals surface area contributed by atoms with Crippen LogP contribution in [0.4, 0.5) is 0 Å². The summed E-state index contributed by atoms with van der Waals surface area (Å²) in [4.78, 5) is 0. The Hall–Kier alpha value is -1.68. The van der Waals surface area contributed by atoms with Crippen LogP contribution in [0.25, 0.3) is 11.1 Å². The molecule has 0 saturated heterocycles. The minimum absolute atomic E-state index is 0.137. The van der Waals surface area contributed by atoms with Gasteiger partial charge in [-0.3, -0.25) is 0 Å². The fourth-order valence-corrected chi connectivity index (χ4v) is 2.63. The third kappa shape index (κ3) is 4.39. The average Bonchev–Trinajstić information content (AvgIpc) is 2.49. The number of aliphatic hydroxyl groups excluding tert-OH is 2. The summed E-state index contributed by atoms with van der Waals surface area (Å²) in [5.74, 6) is 0. The molecule has 0 amide bonds. The van der Waals surface area contributed by atoms with Crippen LogP contribution < -0.4 is 0 Å². The summed E-state index contributed by atoms with van der Waals surface area (Å²) in [6, 6.07) is 18.8. The molecular formula is C18H24NO2+. The van der Waals surface area contributed by atoms with E-state index in [1.165, 1.54) is 16.7 Å². The number of likely N-dealkylation sites (N-methyl/N-ethyl adjacent to an activating group) is 1. The highest BCUT2D eigenvalue weighted by atomic mass is 16.3. The Morgan fingerprint density at radius 1 is 0.762 bits per heavy atom. The summed E-state index contributed by atoms with van der Waals surface area (Å²) >= 11 is 0. The van der Waals surface area contributed by atoms with E-state index < -0.39 is 0 Å². The molecular weight excluding hydrogens is 262 g/mol. The average molecular weight is 286 g/mol. The van der Waals surface area contributed by atoms with Crippen LogP contribution in [0, 0.1) is 0 Å². The van der Waals surface area contributed by atoms with Crippen molar-refractivity contribution in [2.45, 2.75) is 6.54 Å². The van der Waals surface area contributed by atoms with Gasteiger partial charge < -0.3 is 14.7 Å². The highest BCUT2D eigenvalue weighted by Crippen LogP contribution is 2.20. The molecule has 2 aromatic carbocycles. The number of rotatable bonds is 7. The van der Waals surface area contributed by atoms with E-state index in [0.717, 1.165) is 6.54 Å². The highest BCUT2D eigenvalue weighted by Gasteiger charge is 2.20. The summed E-state index contributed by atoms with van der Waals surface area (Å²) in [7, 11) is 2.07. The normalized spacial score (nSPS) is 11.6. The van der Waals surface area contributed by atoms with Gasteiger partial charge in [0, 0.05) is 5.56 Å². The summed E-state index contributed by atoms with van der Waals surface area (Å²) < 4.78 is 0.650. The minimum atomic E-state index is 0.137. The first kappa shape index (κ1) is 15.7. The molecule has 2 rings (SSSR count). The lowest BCUT2D eigenvalue weighted by atomic mass is 10.0. The van der Waals surface area contributed by atoms with E-state index in [1.54, 1.807) is 0 Å². The van der Waals surface area contributed by atoms with E-state index in [1.807, 2.05) is 18.2 Å². The van der Waals surface area contributed by atoms with Crippen molar-refractivity contribution in [3.05, 3.63) is 60.2 Å². The molecule has 3 nitrogen and oxygen atoms in total. The van der Waals surface area contributed by atoms with E-state index in [2.05, 4.69) is 43.4 Å². The molecule has 0 bridgehead atoms. The second kappa shape index (κ2) is 7.36. The minimum Gasteiger partial charge on any atom is -0.391 e. The Morgan fingerprint density at radius 2 is 1.29 bits per heavy atom. The number of aliphatic hydroxyl groups is 2. The number of hydrogen-bond donors (Lipinski definition) is 2. The molecule has 0 fully saturated rings. The molecule has 0 aliphatic heterocycles. The van der Waals surface area contributed by atoms with Gasteiger partial charge in [0.2, 0.25) is 0 Å². The van der Waals surface area contributed by atoms with Crippen molar-refractivity contribution in [2.75, 3.05) is 33.4 Å². The summed E-state index contributed by atoms with van der Waals surface area (Å²) in [5.41, 5.74) is 3.64. The van der Waals surface area contributed by atoms with Gasteiger partial charge in [-0.05, 0) is 11.1 Å². The van der Waals surface area contributed by atoms with Gasteiger partial charge >= 0.3 is 0 Å². The van der Waals surface area contributed by atoms with Crippen molar-refractivity contribution in [3.8, 4) is 11.1 Å². The smallest absolute Gasteiger partial charge is 0.104 e. The Kier molecular flexibility index (Phi) is 5.51. The van der Waals surface area contributed by atoms with Crippen molar-refractivity contribution >= 4 is 0 Å². The number of quaternary nitrogens is 1. The van der Waals surface area contributed by atoms with E-state index in [4.69, 9.17) is 0 Å². The molecule has 112 valence electrons. The molecule has 3 heteroatoms. The molecule has 0 heterocycles. The second-order valence-electron chi connectivity index (χ2n) is 5.73. The lowest BCUT2D eigenvalue weighted by Crippen LogP contribution is -2.47. The van der Waals surface area contributed by atoms with Crippen LogP contribution in [-0.4, -0.2) is 48.0 Å². The fraction of sp³-hybridized carbons (Fsp3) is 0.333. The third-order valence-electron chi connectivity index (χ3n) is 3.91. The molecule has 0 unspecified atom stereocenters. The van der Waals surface area contributed by atoms with Crippen LogP contribution in [0.2, 0.25) is 0 Å². The maximum absolute atomic E-state index is 9.20. The monoisotopic (exact) mass is 286 g/mol. The Bertz CT molecular complexity index is 531. The maximum Gasteiger partial charge on any atom is 0.104 e. The summed E-state index contributed by atoms with van der Waals surface area (Å²) in [6.45, 7) is 2.40.